The van der Waals surface area contributed by atoms with Gasteiger partial charge in [0.2, 0.25) is 0 Å². The zero-order valence-electron chi connectivity index (χ0n) is 10.9. The van der Waals surface area contributed by atoms with E-state index in [-0.39, 0.29) is 6.10 Å². The lowest BCUT2D eigenvalue weighted by molar-refractivity contribution is 0.0173. The standard InChI is InChI=1S/C14H19N3O/c1-10(2)15-9-13-14-11-5-3-4-6-12(11)16-17(14)7-8-18-13/h3-6,10,13,15H,7-9H2,1-2H3. The van der Waals surface area contributed by atoms with Gasteiger partial charge in [-0.05, 0) is 6.07 Å². The molecule has 96 valence electrons. The molecule has 18 heavy (non-hydrogen) atoms. The average molecular weight is 245 g/mol. The van der Waals surface area contributed by atoms with Crippen molar-refractivity contribution in [3.8, 4) is 0 Å². The normalized spacial score (nSPS) is 19.4. The SMILES string of the molecule is CC(C)NCC1OCCn2nc3ccccc3c21. The van der Waals surface area contributed by atoms with Gasteiger partial charge in [-0.1, -0.05) is 32.0 Å². The maximum absolute atomic E-state index is 5.90. The highest BCUT2D eigenvalue weighted by Gasteiger charge is 2.25. The van der Waals surface area contributed by atoms with Gasteiger partial charge in [0, 0.05) is 18.0 Å². The van der Waals surface area contributed by atoms with Gasteiger partial charge in [-0.3, -0.25) is 4.68 Å². The number of hydrogen-bond donors (Lipinski definition) is 1. The monoisotopic (exact) mass is 245 g/mol. The number of fused-ring (bicyclic) bond motifs is 3. The van der Waals surface area contributed by atoms with Crippen molar-refractivity contribution in [2.75, 3.05) is 13.2 Å². The summed E-state index contributed by atoms with van der Waals surface area (Å²) in [6.45, 7) is 6.73. The van der Waals surface area contributed by atoms with Gasteiger partial charge in [0.1, 0.15) is 6.10 Å². The molecular formula is C14H19N3O. The van der Waals surface area contributed by atoms with Crippen LogP contribution in [0.15, 0.2) is 24.3 Å². The predicted octanol–water partition coefficient (Wildman–Crippen LogP) is 2.11. The predicted molar refractivity (Wildman–Crippen MR) is 71.6 cm³/mol. The first kappa shape index (κ1) is 11.7. The summed E-state index contributed by atoms with van der Waals surface area (Å²) < 4.78 is 8.00. The van der Waals surface area contributed by atoms with Gasteiger partial charge in [0.25, 0.3) is 0 Å². The van der Waals surface area contributed by atoms with Gasteiger partial charge in [-0.25, -0.2) is 0 Å². The van der Waals surface area contributed by atoms with Crippen LogP contribution in [0.2, 0.25) is 0 Å². The summed E-state index contributed by atoms with van der Waals surface area (Å²) >= 11 is 0. The summed E-state index contributed by atoms with van der Waals surface area (Å²) in [7, 11) is 0. The summed E-state index contributed by atoms with van der Waals surface area (Å²) in [4.78, 5) is 0. The fourth-order valence-corrected chi connectivity index (χ4v) is 2.47. The van der Waals surface area contributed by atoms with E-state index in [2.05, 4.69) is 47.1 Å². The van der Waals surface area contributed by atoms with E-state index in [0.717, 1.165) is 25.2 Å². The van der Waals surface area contributed by atoms with Crippen LogP contribution >= 0.6 is 0 Å². The van der Waals surface area contributed by atoms with Crippen molar-refractivity contribution in [2.45, 2.75) is 32.5 Å². The highest BCUT2D eigenvalue weighted by Crippen LogP contribution is 2.29. The smallest absolute Gasteiger partial charge is 0.112 e. The molecule has 4 nitrogen and oxygen atoms in total. The zero-order valence-corrected chi connectivity index (χ0v) is 10.9. The van der Waals surface area contributed by atoms with Gasteiger partial charge in [-0.2, -0.15) is 5.10 Å². The van der Waals surface area contributed by atoms with Crippen molar-refractivity contribution >= 4 is 10.9 Å². The quantitative estimate of drug-likeness (QED) is 0.900. The molecule has 0 aliphatic carbocycles. The van der Waals surface area contributed by atoms with Gasteiger partial charge in [0.05, 0.1) is 24.4 Å². The number of hydrogen-bond acceptors (Lipinski definition) is 3. The summed E-state index contributed by atoms with van der Waals surface area (Å²) in [6, 6.07) is 8.76. The van der Waals surface area contributed by atoms with Gasteiger partial charge in [0.15, 0.2) is 0 Å². The number of aromatic nitrogens is 2. The Labute approximate surface area is 107 Å². The molecule has 3 rings (SSSR count). The van der Waals surface area contributed by atoms with E-state index in [4.69, 9.17) is 4.74 Å². The summed E-state index contributed by atoms with van der Waals surface area (Å²) in [6.07, 6.45) is 0.105. The summed E-state index contributed by atoms with van der Waals surface area (Å²) in [5.41, 5.74) is 2.28. The molecule has 0 fully saturated rings. The molecule has 1 aromatic carbocycles. The van der Waals surface area contributed by atoms with Crippen LogP contribution in [0.25, 0.3) is 10.9 Å². The Morgan fingerprint density at radius 3 is 3.11 bits per heavy atom. The molecule has 1 atom stereocenters. The number of nitrogens with one attached hydrogen (secondary N) is 1. The van der Waals surface area contributed by atoms with Crippen LogP contribution in [0.1, 0.15) is 25.6 Å². The Bertz CT molecular complexity index is 547. The third-order valence-corrected chi connectivity index (χ3v) is 3.33. The maximum atomic E-state index is 5.90. The van der Waals surface area contributed by atoms with Crippen molar-refractivity contribution in [1.82, 2.24) is 15.1 Å². The first-order valence-electron chi connectivity index (χ1n) is 6.56. The molecular weight excluding hydrogens is 226 g/mol. The summed E-state index contributed by atoms with van der Waals surface area (Å²) in [5.74, 6) is 0. The van der Waals surface area contributed by atoms with Gasteiger partial charge < -0.3 is 10.1 Å². The first-order valence-corrected chi connectivity index (χ1v) is 6.56. The van der Waals surface area contributed by atoms with Crippen LogP contribution in [0.3, 0.4) is 0 Å². The van der Waals surface area contributed by atoms with Crippen LogP contribution in [0.4, 0.5) is 0 Å². The molecule has 0 saturated carbocycles. The van der Waals surface area contributed by atoms with Crippen LogP contribution in [0.5, 0.6) is 0 Å². The Morgan fingerprint density at radius 1 is 1.44 bits per heavy atom. The van der Waals surface area contributed by atoms with Crippen LogP contribution in [0, 0.1) is 0 Å². The molecule has 0 bridgehead atoms. The highest BCUT2D eigenvalue weighted by atomic mass is 16.5. The van der Waals surface area contributed by atoms with Crippen LogP contribution < -0.4 is 5.32 Å². The van der Waals surface area contributed by atoms with Crippen molar-refractivity contribution in [1.29, 1.82) is 0 Å². The highest BCUT2D eigenvalue weighted by molar-refractivity contribution is 5.82. The molecule has 0 spiro atoms. The minimum atomic E-state index is 0.105. The lowest BCUT2D eigenvalue weighted by Gasteiger charge is -2.25. The summed E-state index contributed by atoms with van der Waals surface area (Å²) in [5, 5.41) is 9.30. The Morgan fingerprint density at radius 2 is 2.28 bits per heavy atom. The zero-order chi connectivity index (χ0) is 12.5. The molecule has 2 aromatic rings. The minimum absolute atomic E-state index is 0.105. The maximum Gasteiger partial charge on any atom is 0.112 e. The Hall–Kier alpha value is -1.39. The largest absolute Gasteiger partial charge is 0.369 e. The van der Waals surface area contributed by atoms with E-state index < -0.39 is 0 Å². The second kappa shape index (κ2) is 4.71. The third-order valence-electron chi connectivity index (χ3n) is 3.33. The molecule has 1 aliphatic rings. The molecule has 0 radical (unpaired) electrons. The van der Waals surface area contributed by atoms with E-state index in [1.807, 2.05) is 6.07 Å². The number of benzene rings is 1. The molecule has 1 unspecified atom stereocenters. The Balaban J connectivity index is 1.98. The minimum Gasteiger partial charge on any atom is -0.369 e. The molecule has 0 saturated heterocycles. The van der Waals surface area contributed by atoms with E-state index in [9.17, 15) is 0 Å². The molecule has 1 aliphatic heterocycles. The molecule has 1 N–H and O–H groups in total. The fraction of sp³-hybridized carbons (Fsp3) is 0.500. The van der Waals surface area contributed by atoms with Crippen LogP contribution in [-0.2, 0) is 11.3 Å². The van der Waals surface area contributed by atoms with Gasteiger partial charge >= 0.3 is 0 Å². The topological polar surface area (TPSA) is 39.1 Å². The number of rotatable bonds is 3. The molecule has 1 aromatic heterocycles. The first-order chi connectivity index (χ1) is 8.75. The van der Waals surface area contributed by atoms with Crippen molar-refractivity contribution in [2.24, 2.45) is 0 Å². The molecule has 4 heteroatoms. The fourth-order valence-electron chi connectivity index (χ4n) is 2.47. The third kappa shape index (κ3) is 2.02. The lowest BCUT2D eigenvalue weighted by Crippen LogP contribution is -2.33. The molecule has 2 heterocycles. The molecule has 0 amide bonds. The van der Waals surface area contributed by atoms with E-state index >= 15 is 0 Å². The van der Waals surface area contributed by atoms with Gasteiger partial charge in [-0.15, -0.1) is 0 Å². The second-order valence-corrected chi connectivity index (χ2v) is 5.05. The van der Waals surface area contributed by atoms with E-state index in [1.165, 1.54) is 11.1 Å². The number of nitrogens with zero attached hydrogens (tertiary/aromatic N) is 2. The number of ether oxygens (including phenoxy) is 1. The van der Waals surface area contributed by atoms with Crippen molar-refractivity contribution in [3.63, 3.8) is 0 Å². The Kier molecular flexibility index (Phi) is 3.06. The van der Waals surface area contributed by atoms with Crippen molar-refractivity contribution in [3.05, 3.63) is 30.0 Å². The average Bonchev–Trinajstić information content (AvgIpc) is 2.75. The lowest BCUT2D eigenvalue weighted by atomic mass is 10.1. The second-order valence-electron chi connectivity index (χ2n) is 5.05. The van der Waals surface area contributed by atoms with E-state index in [1.54, 1.807) is 0 Å². The van der Waals surface area contributed by atoms with E-state index in [0.29, 0.717) is 6.04 Å². The van der Waals surface area contributed by atoms with Crippen LogP contribution in [-0.4, -0.2) is 29.0 Å². The van der Waals surface area contributed by atoms with Crippen molar-refractivity contribution < 1.29 is 4.74 Å².